The molecule has 3 aromatic rings. The molecular formula is C26H31N3O. The van der Waals surface area contributed by atoms with Gasteiger partial charge in [-0.25, -0.2) is 0 Å². The van der Waals surface area contributed by atoms with Crippen LogP contribution >= 0.6 is 0 Å². The highest BCUT2D eigenvalue weighted by molar-refractivity contribution is 5.83. The Kier molecular flexibility index (Phi) is 6.46. The van der Waals surface area contributed by atoms with Crippen molar-refractivity contribution in [1.29, 1.82) is 0 Å². The van der Waals surface area contributed by atoms with Crippen molar-refractivity contribution in [3.05, 3.63) is 83.4 Å². The van der Waals surface area contributed by atoms with Gasteiger partial charge in [-0.3, -0.25) is 9.69 Å². The van der Waals surface area contributed by atoms with Crippen LogP contribution in [0.15, 0.2) is 66.7 Å². The summed E-state index contributed by atoms with van der Waals surface area (Å²) in [6, 6.07) is 23.8. The lowest BCUT2D eigenvalue weighted by Crippen LogP contribution is -2.42. The van der Waals surface area contributed by atoms with Gasteiger partial charge < -0.3 is 10.6 Å². The molecule has 1 aliphatic rings. The molecule has 0 unspecified atom stereocenters. The minimum atomic E-state index is -0.0913. The number of likely N-dealkylation sites (tertiary alicyclic amines) is 1. The van der Waals surface area contributed by atoms with Crippen molar-refractivity contribution in [3.63, 3.8) is 0 Å². The lowest BCUT2D eigenvalue weighted by atomic mass is 10.1. The summed E-state index contributed by atoms with van der Waals surface area (Å²) in [5.74, 6) is 0.137. The average Bonchev–Trinajstić information content (AvgIpc) is 3.15. The molecule has 156 valence electrons. The van der Waals surface area contributed by atoms with Gasteiger partial charge in [-0.1, -0.05) is 66.2 Å². The first-order valence-electron chi connectivity index (χ1n) is 10.9. The molecule has 2 atom stereocenters. The van der Waals surface area contributed by atoms with Gasteiger partial charge in [-0.05, 0) is 48.2 Å². The van der Waals surface area contributed by atoms with Crippen molar-refractivity contribution in [2.24, 2.45) is 0 Å². The van der Waals surface area contributed by atoms with Gasteiger partial charge in [0.2, 0.25) is 5.91 Å². The molecule has 30 heavy (non-hydrogen) atoms. The minimum absolute atomic E-state index is 0.0913. The first-order valence-corrected chi connectivity index (χ1v) is 10.9. The smallest absolute Gasteiger partial charge is 0.237 e. The summed E-state index contributed by atoms with van der Waals surface area (Å²) in [7, 11) is 0. The number of rotatable bonds is 7. The highest BCUT2D eigenvalue weighted by Crippen LogP contribution is 2.23. The molecule has 0 saturated carbocycles. The van der Waals surface area contributed by atoms with Crippen LogP contribution in [0.3, 0.4) is 0 Å². The number of fused-ring (bicyclic) bond motifs is 1. The fourth-order valence-corrected chi connectivity index (χ4v) is 4.45. The Hall–Kier alpha value is -2.69. The number of nitrogens with one attached hydrogen (secondary N) is 2. The number of likely N-dealkylation sites (N-methyl/N-ethyl adjacent to an activating group) is 1. The zero-order chi connectivity index (χ0) is 20.9. The summed E-state index contributed by atoms with van der Waals surface area (Å²) in [4.78, 5) is 15.1. The maximum absolute atomic E-state index is 12.7. The van der Waals surface area contributed by atoms with Crippen LogP contribution < -0.4 is 10.6 Å². The van der Waals surface area contributed by atoms with E-state index in [0.717, 1.165) is 26.1 Å². The predicted octanol–water partition coefficient (Wildman–Crippen LogP) is 4.02. The fourth-order valence-electron chi connectivity index (χ4n) is 4.45. The van der Waals surface area contributed by atoms with Crippen molar-refractivity contribution < 1.29 is 4.79 Å². The Bertz CT molecular complexity index is 1020. The van der Waals surface area contributed by atoms with E-state index in [1.165, 1.54) is 27.5 Å². The largest absolute Gasteiger partial charge is 0.355 e. The van der Waals surface area contributed by atoms with Crippen LogP contribution in [0.25, 0.3) is 10.8 Å². The standard InChI is InChI=1S/C26H31N3O/c1-3-27-26(30)25-15-24(28-16-20-8-6-7-19(2)13-20)18-29(25)17-21-11-12-22-9-4-5-10-23(22)14-21/h4-14,24-25,28H,3,15-18H2,1-2H3,(H,27,30)/t24-,25+/m1/s1. The van der Waals surface area contributed by atoms with E-state index in [2.05, 4.69) is 89.2 Å². The summed E-state index contributed by atoms with van der Waals surface area (Å²) in [5, 5.41) is 9.20. The second-order valence-electron chi connectivity index (χ2n) is 8.32. The highest BCUT2D eigenvalue weighted by atomic mass is 16.2. The van der Waals surface area contributed by atoms with E-state index in [4.69, 9.17) is 0 Å². The van der Waals surface area contributed by atoms with Gasteiger partial charge in [0, 0.05) is 32.2 Å². The van der Waals surface area contributed by atoms with E-state index >= 15 is 0 Å². The molecule has 0 aromatic heterocycles. The minimum Gasteiger partial charge on any atom is -0.355 e. The van der Waals surface area contributed by atoms with Crippen LogP contribution in [0, 0.1) is 6.92 Å². The molecule has 1 fully saturated rings. The van der Waals surface area contributed by atoms with Crippen LogP contribution in [0.2, 0.25) is 0 Å². The number of benzene rings is 3. The van der Waals surface area contributed by atoms with E-state index in [0.29, 0.717) is 12.6 Å². The number of hydrogen-bond donors (Lipinski definition) is 2. The number of carbonyl (C=O) groups is 1. The molecule has 4 rings (SSSR count). The molecule has 0 aliphatic carbocycles. The number of amides is 1. The number of nitrogens with zero attached hydrogens (tertiary/aromatic N) is 1. The summed E-state index contributed by atoms with van der Waals surface area (Å²) >= 11 is 0. The Morgan fingerprint density at radius 2 is 1.83 bits per heavy atom. The number of aryl methyl sites for hydroxylation is 1. The predicted molar refractivity (Wildman–Crippen MR) is 123 cm³/mol. The molecule has 4 heteroatoms. The highest BCUT2D eigenvalue weighted by Gasteiger charge is 2.36. The van der Waals surface area contributed by atoms with Gasteiger partial charge >= 0.3 is 0 Å². The van der Waals surface area contributed by atoms with Gasteiger partial charge in [0.05, 0.1) is 6.04 Å². The molecule has 1 aliphatic heterocycles. The van der Waals surface area contributed by atoms with Crippen molar-refractivity contribution in [2.75, 3.05) is 13.1 Å². The van der Waals surface area contributed by atoms with Crippen LogP contribution in [-0.4, -0.2) is 36.0 Å². The van der Waals surface area contributed by atoms with Crippen LogP contribution in [0.5, 0.6) is 0 Å². The molecule has 1 amide bonds. The van der Waals surface area contributed by atoms with Crippen molar-refractivity contribution in [1.82, 2.24) is 15.5 Å². The SMILES string of the molecule is CCNC(=O)[C@@H]1C[C@@H](NCc2cccc(C)c2)CN1Cc1ccc2ccccc2c1. The van der Waals surface area contributed by atoms with Gasteiger partial charge in [-0.15, -0.1) is 0 Å². The average molecular weight is 402 g/mol. The van der Waals surface area contributed by atoms with Gasteiger partial charge in [0.1, 0.15) is 0 Å². The maximum atomic E-state index is 12.7. The first-order chi connectivity index (χ1) is 14.6. The lowest BCUT2D eigenvalue weighted by molar-refractivity contribution is -0.125. The Balaban J connectivity index is 1.46. The molecule has 0 bridgehead atoms. The van der Waals surface area contributed by atoms with Crippen LogP contribution in [-0.2, 0) is 17.9 Å². The number of carbonyl (C=O) groups excluding carboxylic acids is 1. The summed E-state index contributed by atoms with van der Waals surface area (Å²) < 4.78 is 0. The normalized spacial score (nSPS) is 19.3. The second-order valence-corrected chi connectivity index (χ2v) is 8.32. The van der Waals surface area contributed by atoms with Gasteiger partial charge in [0.15, 0.2) is 0 Å². The third kappa shape index (κ3) is 4.89. The molecule has 2 N–H and O–H groups in total. The maximum Gasteiger partial charge on any atom is 0.237 e. The summed E-state index contributed by atoms with van der Waals surface area (Å²) in [6.45, 7) is 7.26. The molecule has 4 nitrogen and oxygen atoms in total. The molecule has 1 heterocycles. The van der Waals surface area contributed by atoms with Crippen molar-refractivity contribution in [3.8, 4) is 0 Å². The lowest BCUT2D eigenvalue weighted by Gasteiger charge is -2.23. The third-order valence-corrected chi connectivity index (χ3v) is 5.93. The van der Waals surface area contributed by atoms with E-state index in [-0.39, 0.29) is 11.9 Å². The zero-order valence-electron chi connectivity index (χ0n) is 17.9. The fraction of sp³-hybridized carbons (Fsp3) is 0.346. The Morgan fingerprint density at radius 1 is 1.00 bits per heavy atom. The van der Waals surface area contributed by atoms with E-state index in [1.807, 2.05) is 6.92 Å². The Labute approximate surface area is 179 Å². The summed E-state index contributed by atoms with van der Waals surface area (Å²) in [5.41, 5.74) is 3.82. The van der Waals surface area contributed by atoms with Gasteiger partial charge in [-0.2, -0.15) is 0 Å². The van der Waals surface area contributed by atoms with E-state index < -0.39 is 0 Å². The quantitative estimate of drug-likeness (QED) is 0.629. The van der Waals surface area contributed by atoms with Crippen LogP contribution in [0.4, 0.5) is 0 Å². The molecule has 1 saturated heterocycles. The molecule has 0 radical (unpaired) electrons. The molecule has 0 spiro atoms. The molecular weight excluding hydrogens is 370 g/mol. The van der Waals surface area contributed by atoms with Gasteiger partial charge in [0.25, 0.3) is 0 Å². The Morgan fingerprint density at radius 3 is 2.63 bits per heavy atom. The zero-order valence-corrected chi connectivity index (χ0v) is 17.9. The molecule has 3 aromatic carbocycles. The number of hydrogen-bond acceptors (Lipinski definition) is 3. The monoisotopic (exact) mass is 401 g/mol. The third-order valence-electron chi connectivity index (χ3n) is 5.93. The van der Waals surface area contributed by atoms with Crippen molar-refractivity contribution >= 4 is 16.7 Å². The van der Waals surface area contributed by atoms with Crippen LogP contribution in [0.1, 0.15) is 30.0 Å². The first kappa shape index (κ1) is 20.6. The topological polar surface area (TPSA) is 44.4 Å². The van der Waals surface area contributed by atoms with E-state index in [1.54, 1.807) is 0 Å². The summed E-state index contributed by atoms with van der Waals surface area (Å²) in [6.07, 6.45) is 0.839. The van der Waals surface area contributed by atoms with Crippen molar-refractivity contribution in [2.45, 2.75) is 45.4 Å². The van der Waals surface area contributed by atoms with E-state index in [9.17, 15) is 4.79 Å². The second kappa shape index (κ2) is 9.41.